The lowest BCUT2D eigenvalue weighted by molar-refractivity contribution is -0.129. The van der Waals surface area contributed by atoms with E-state index in [9.17, 15) is 9.18 Å². The Bertz CT molecular complexity index is 1080. The summed E-state index contributed by atoms with van der Waals surface area (Å²) < 4.78 is 14.7. The molecular weight excluding hydrogens is 349 g/mol. The average Bonchev–Trinajstić information content (AvgIpc) is 3.15. The predicted molar refractivity (Wildman–Crippen MR) is 103 cm³/mol. The molecule has 0 fully saturated rings. The van der Waals surface area contributed by atoms with Gasteiger partial charge in [-0.2, -0.15) is 0 Å². The van der Waals surface area contributed by atoms with Gasteiger partial charge in [0.2, 0.25) is 5.91 Å². The fourth-order valence-corrected chi connectivity index (χ4v) is 4.17. The molecule has 2 heterocycles. The van der Waals surface area contributed by atoms with Crippen LogP contribution in [0, 0.1) is 12.7 Å². The zero-order valence-electron chi connectivity index (χ0n) is 14.5. The molecule has 0 aliphatic carbocycles. The van der Waals surface area contributed by atoms with Crippen LogP contribution in [0.5, 0.6) is 0 Å². The van der Waals surface area contributed by atoms with Crippen molar-refractivity contribution >= 4 is 38.4 Å². The smallest absolute Gasteiger partial charge is 0.227 e. The molecule has 0 saturated heterocycles. The Kier molecular flexibility index (Phi) is 4.20. The molecule has 6 heteroatoms. The molecule has 4 nitrogen and oxygen atoms in total. The second-order valence-corrected chi connectivity index (χ2v) is 7.54. The Morgan fingerprint density at radius 3 is 2.88 bits per heavy atom. The Morgan fingerprint density at radius 1 is 1.27 bits per heavy atom. The third kappa shape index (κ3) is 3.08. The number of hydrogen-bond donors (Lipinski definition) is 1. The van der Waals surface area contributed by atoms with Crippen LogP contribution >= 0.6 is 11.3 Å². The van der Waals surface area contributed by atoms with Crippen LogP contribution in [0.3, 0.4) is 0 Å². The summed E-state index contributed by atoms with van der Waals surface area (Å²) in [5.41, 5.74) is 3.55. The highest BCUT2D eigenvalue weighted by atomic mass is 32.1. The van der Waals surface area contributed by atoms with Gasteiger partial charge in [-0.25, -0.2) is 9.37 Å². The molecule has 4 rings (SSSR count). The van der Waals surface area contributed by atoms with Crippen molar-refractivity contribution in [2.45, 2.75) is 19.9 Å². The van der Waals surface area contributed by atoms with Gasteiger partial charge < -0.3 is 9.88 Å². The van der Waals surface area contributed by atoms with Crippen molar-refractivity contribution in [1.29, 1.82) is 0 Å². The van der Waals surface area contributed by atoms with Crippen molar-refractivity contribution < 1.29 is 9.18 Å². The van der Waals surface area contributed by atoms with Crippen LogP contribution in [0.25, 0.3) is 21.1 Å². The number of aryl methyl sites for hydroxylation is 1. The predicted octanol–water partition coefficient (Wildman–Crippen LogP) is 4.43. The third-order valence-corrected chi connectivity index (χ3v) is 5.57. The van der Waals surface area contributed by atoms with Gasteiger partial charge in [0.15, 0.2) is 0 Å². The summed E-state index contributed by atoms with van der Waals surface area (Å²) in [5, 5.41) is 1.67. The first kappa shape index (κ1) is 16.7. The SMILES string of the molecule is Cc1[nH]c2ccc(F)cc2c1CC(=O)N(C)Cc1nc2ccccc2s1. The number of nitrogens with one attached hydrogen (secondary N) is 1. The number of rotatable bonds is 4. The maximum atomic E-state index is 13.6. The van der Waals surface area contributed by atoms with E-state index in [0.717, 1.165) is 37.4 Å². The van der Waals surface area contributed by atoms with Crippen molar-refractivity contribution in [2.24, 2.45) is 0 Å². The minimum Gasteiger partial charge on any atom is -0.358 e. The maximum Gasteiger partial charge on any atom is 0.227 e. The minimum atomic E-state index is -0.298. The van der Waals surface area contributed by atoms with E-state index in [4.69, 9.17) is 0 Å². The monoisotopic (exact) mass is 367 g/mol. The molecule has 26 heavy (non-hydrogen) atoms. The topological polar surface area (TPSA) is 49.0 Å². The number of likely N-dealkylation sites (N-methyl/N-ethyl adjacent to an activating group) is 1. The summed E-state index contributed by atoms with van der Waals surface area (Å²) >= 11 is 1.60. The van der Waals surface area contributed by atoms with E-state index in [2.05, 4.69) is 9.97 Å². The molecule has 1 amide bonds. The van der Waals surface area contributed by atoms with Gasteiger partial charge in [-0.05, 0) is 42.8 Å². The number of amides is 1. The molecular formula is C20H18FN3OS. The number of fused-ring (bicyclic) bond motifs is 2. The molecule has 2 aromatic heterocycles. The Hall–Kier alpha value is -2.73. The highest BCUT2D eigenvalue weighted by Gasteiger charge is 2.17. The fraction of sp³-hybridized carbons (Fsp3) is 0.200. The molecule has 0 aliphatic heterocycles. The normalized spacial score (nSPS) is 11.3. The molecule has 0 spiro atoms. The number of halogens is 1. The Labute approximate surface area is 154 Å². The largest absolute Gasteiger partial charge is 0.358 e. The molecule has 2 aromatic carbocycles. The van der Waals surface area contributed by atoms with Crippen LogP contribution in [0.1, 0.15) is 16.3 Å². The van der Waals surface area contributed by atoms with Crippen molar-refractivity contribution in [2.75, 3.05) is 7.05 Å². The van der Waals surface area contributed by atoms with Crippen molar-refractivity contribution in [3.8, 4) is 0 Å². The first-order chi connectivity index (χ1) is 12.5. The summed E-state index contributed by atoms with van der Waals surface area (Å²) in [7, 11) is 1.78. The van der Waals surface area contributed by atoms with Crippen LogP contribution in [-0.2, 0) is 17.8 Å². The van der Waals surface area contributed by atoms with Crippen molar-refractivity contribution in [3.05, 3.63) is 64.5 Å². The number of aromatic nitrogens is 2. The fourth-order valence-electron chi connectivity index (χ4n) is 3.15. The number of para-hydroxylation sites is 1. The van der Waals surface area contributed by atoms with Crippen LogP contribution in [0.4, 0.5) is 4.39 Å². The minimum absolute atomic E-state index is 0.0162. The first-order valence-electron chi connectivity index (χ1n) is 8.36. The molecule has 1 N–H and O–H groups in total. The van der Waals surface area contributed by atoms with E-state index in [1.54, 1.807) is 29.4 Å². The summed E-state index contributed by atoms with van der Waals surface area (Å²) in [6.07, 6.45) is 0.233. The molecule has 0 atom stereocenters. The second kappa shape index (κ2) is 6.53. The number of carbonyl (C=O) groups excluding carboxylic acids is 1. The number of H-pyrrole nitrogens is 1. The lowest BCUT2D eigenvalue weighted by Crippen LogP contribution is -2.27. The summed E-state index contributed by atoms with van der Waals surface area (Å²) in [4.78, 5) is 22.2. The van der Waals surface area contributed by atoms with Gasteiger partial charge in [0, 0.05) is 23.6 Å². The molecule has 0 unspecified atom stereocenters. The van der Waals surface area contributed by atoms with Crippen molar-refractivity contribution in [1.82, 2.24) is 14.9 Å². The second-order valence-electron chi connectivity index (χ2n) is 6.42. The van der Waals surface area contributed by atoms with Gasteiger partial charge in [-0.15, -0.1) is 11.3 Å². The molecule has 4 aromatic rings. The Morgan fingerprint density at radius 2 is 2.08 bits per heavy atom. The quantitative estimate of drug-likeness (QED) is 0.580. The van der Waals surface area contributed by atoms with E-state index in [1.165, 1.54) is 12.1 Å². The standard InChI is InChI=1S/C20H18FN3OS/c1-12-14(15-9-13(21)7-8-16(15)22-12)10-20(25)24(2)11-19-23-17-5-3-4-6-18(17)26-19/h3-9,22H,10-11H2,1-2H3. The average molecular weight is 367 g/mol. The zero-order valence-corrected chi connectivity index (χ0v) is 15.4. The van der Waals surface area contributed by atoms with Gasteiger partial charge >= 0.3 is 0 Å². The van der Waals surface area contributed by atoms with Gasteiger partial charge in [-0.1, -0.05) is 12.1 Å². The number of aromatic amines is 1. The molecule has 0 aliphatic rings. The molecule has 132 valence electrons. The third-order valence-electron chi connectivity index (χ3n) is 4.55. The number of thiazole rings is 1. The van der Waals surface area contributed by atoms with Crippen LogP contribution in [0.2, 0.25) is 0 Å². The van der Waals surface area contributed by atoms with E-state index >= 15 is 0 Å². The van der Waals surface area contributed by atoms with E-state index < -0.39 is 0 Å². The number of nitrogens with zero attached hydrogens (tertiary/aromatic N) is 2. The van der Waals surface area contributed by atoms with Gasteiger partial charge in [-0.3, -0.25) is 4.79 Å². The van der Waals surface area contributed by atoms with Gasteiger partial charge in [0.25, 0.3) is 0 Å². The van der Waals surface area contributed by atoms with Crippen LogP contribution in [-0.4, -0.2) is 27.8 Å². The highest BCUT2D eigenvalue weighted by molar-refractivity contribution is 7.18. The summed E-state index contributed by atoms with van der Waals surface area (Å²) in [5.74, 6) is -0.314. The molecule has 0 radical (unpaired) electrons. The molecule has 0 bridgehead atoms. The summed E-state index contributed by atoms with van der Waals surface area (Å²) in [6.45, 7) is 2.38. The van der Waals surface area contributed by atoms with E-state index in [0.29, 0.717) is 6.54 Å². The summed E-state index contributed by atoms with van der Waals surface area (Å²) in [6, 6.07) is 12.6. The lowest BCUT2D eigenvalue weighted by Gasteiger charge is -2.15. The lowest BCUT2D eigenvalue weighted by atomic mass is 10.1. The number of benzene rings is 2. The number of carbonyl (C=O) groups is 1. The zero-order chi connectivity index (χ0) is 18.3. The Balaban J connectivity index is 1.54. The molecule has 0 saturated carbocycles. The first-order valence-corrected chi connectivity index (χ1v) is 9.18. The van der Waals surface area contributed by atoms with E-state index in [1.807, 2.05) is 31.2 Å². The van der Waals surface area contributed by atoms with Gasteiger partial charge in [0.1, 0.15) is 10.8 Å². The van der Waals surface area contributed by atoms with Crippen LogP contribution < -0.4 is 0 Å². The highest BCUT2D eigenvalue weighted by Crippen LogP contribution is 2.25. The maximum absolute atomic E-state index is 13.6. The van der Waals surface area contributed by atoms with Crippen molar-refractivity contribution in [3.63, 3.8) is 0 Å². The number of hydrogen-bond acceptors (Lipinski definition) is 3. The van der Waals surface area contributed by atoms with Gasteiger partial charge in [0.05, 0.1) is 23.2 Å². The van der Waals surface area contributed by atoms with Crippen LogP contribution in [0.15, 0.2) is 42.5 Å². The van der Waals surface area contributed by atoms with E-state index in [-0.39, 0.29) is 18.1 Å².